The van der Waals surface area contributed by atoms with Crippen LogP contribution < -0.4 is 0 Å². The molecule has 14 heavy (non-hydrogen) atoms. The summed E-state index contributed by atoms with van der Waals surface area (Å²) in [5.41, 5.74) is 2.43. The summed E-state index contributed by atoms with van der Waals surface area (Å²) in [6.45, 7) is 9.80. The van der Waals surface area contributed by atoms with Gasteiger partial charge in [-0.05, 0) is 25.7 Å². The maximum absolute atomic E-state index is 4.31. The van der Waals surface area contributed by atoms with Gasteiger partial charge < -0.3 is 4.57 Å². The largest absolute Gasteiger partial charge is 0.334 e. The van der Waals surface area contributed by atoms with Gasteiger partial charge in [0, 0.05) is 17.6 Å². The van der Waals surface area contributed by atoms with Crippen molar-refractivity contribution in [3.05, 3.63) is 17.7 Å². The van der Waals surface area contributed by atoms with Gasteiger partial charge in [0.15, 0.2) is 0 Å². The quantitative estimate of drug-likeness (QED) is 0.759. The van der Waals surface area contributed by atoms with E-state index in [1.165, 1.54) is 5.69 Å². The average Bonchev–Trinajstić information content (AvgIpc) is 2.44. The zero-order valence-corrected chi connectivity index (χ0v) is 11.0. The van der Waals surface area contributed by atoms with Gasteiger partial charge in [0.2, 0.25) is 0 Å². The highest BCUT2D eigenvalue weighted by molar-refractivity contribution is 9.09. The molecule has 80 valence electrons. The first-order valence-corrected chi connectivity index (χ1v) is 6.22. The van der Waals surface area contributed by atoms with Crippen LogP contribution in [0.1, 0.15) is 25.2 Å². The standard InChI is InChI=1S/C11H19BrN2/c1-8(2)11(5-12)6-14-7-13-9(3)10(14)4/h7-8,11H,5-6H2,1-4H3. The molecular weight excluding hydrogens is 240 g/mol. The molecule has 0 aromatic carbocycles. The van der Waals surface area contributed by atoms with E-state index in [-0.39, 0.29) is 0 Å². The molecule has 0 aliphatic rings. The maximum Gasteiger partial charge on any atom is 0.0951 e. The molecule has 3 heteroatoms. The van der Waals surface area contributed by atoms with E-state index in [1.807, 2.05) is 6.33 Å². The molecule has 0 amide bonds. The Kier molecular flexibility index (Phi) is 4.17. The van der Waals surface area contributed by atoms with Gasteiger partial charge in [-0.1, -0.05) is 29.8 Å². The molecular formula is C11H19BrN2. The first-order chi connectivity index (χ1) is 6.56. The minimum Gasteiger partial charge on any atom is -0.334 e. The predicted octanol–water partition coefficient (Wildman–Crippen LogP) is 3.17. The fourth-order valence-electron chi connectivity index (χ4n) is 1.42. The lowest BCUT2D eigenvalue weighted by Gasteiger charge is -2.19. The van der Waals surface area contributed by atoms with Crippen LogP contribution in [-0.4, -0.2) is 14.9 Å². The number of hydrogen-bond donors (Lipinski definition) is 0. The normalized spacial score (nSPS) is 13.6. The Morgan fingerprint density at radius 3 is 2.43 bits per heavy atom. The lowest BCUT2D eigenvalue weighted by Crippen LogP contribution is -2.18. The Morgan fingerprint density at radius 1 is 1.43 bits per heavy atom. The lowest BCUT2D eigenvalue weighted by molar-refractivity contribution is 0.370. The SMILES string of the molecule is Cc1ncn(CC(CBr)C(C)C)c1C. The van der Waals surface area contributed by atoms with Crippen LogP contribution in [0.15, 0.2) is 6.33 Å². The number of hydrogen-bond acceptors (Lipinski definition) is 1. The van der Waals surface area contributed by atoms with Crippen LogP contribution in [-0.2, 0) is 6.54 Å². The van der Waals surface area contributed by atoms with E-state index >= 15 is 0 Å². The number of aromatic nitrogens is 2. The van der Waals surface area contributed by atoms with Gasteiger partial charge in [0.05, 0.1) is 12.0 Å². The van der Waals surface area contributed by atoms with Gasteiger partial charge in [-0.25, -0.2) is 4.98 Å². The molecule has 0 N–H and O–H groups in total. The van der Waals surface area contributed by atoms with Crippen molar-refractivity contribution in [1.82, 2.24) is 9.55 Å². The monoisotopic (exact) mass is 258 g/mol. The van der Waals surface area contributed by atoms with E-state index in [1.54, 1.807) is 0 Å². The molecule has 2 nitrogen and oxygen atoms in total. The van der Waals surface area contributed by atoms with Crippen molar-refractivity contribution in [3.63, 3.8) is 0 Å². The first-order valence-electron chi connectivity index (χ1n) is 5.10. The van der Waals surface area contributed by atoms with Crippen LogP contribution in [0.2, 0.25) is 0 Å². The molecule has 1 aromatic heterocycles. The molecule has 0 radical (unpaired) electrons. The predicted molar refractivity (Wildman–Crippen MR) is 63.8 cm³/mol. The third-order valence-corrected chi connectivity index (χ3v) is 3.75. The van der Waals surface area contributed by atoms with Crippen LogP contribution in [0, 0.1) is 25.7 Å². The van der Waals surface area contributed by atoms with Crippen molar-refractivity contribution in [2.75, 3.05) is 5.33 Å². The molecule has 0 aliphatic carbocycles. The highest BCUT2D eigenvalue weighted by Crippen LogP contribution is 2.17. The molecule has 1 atom stereocenters. The Hall–Kier alpha value is -0.310. The number of imidazole rings is 1. The topological polar surface area (TPSA) is 17.8 Å². The molecule has 1 rings (SSSR count). The smallest absolute Gasteiger partial charge is 0.0951 e. The van der Waals surface area contributed by atoms with E-state index < -0.39 is 0 Å². The van der Waals surface area contributed by atoms with Crippen molar-refractivity contribution in [2.24, 2.45) is 11.8 Å². The Labute approximate surface area is 94.9 Å². The summed E-state index contributed by atoms with van der Waals surface area (Å²) < 4.78 is 2.25. The maximum atomic E-state index is 4.31. The Bertz CT molecular complexity index is 291. The third-order valence-electron chi connectivity index (χ3n) is 2.92. The minimum absolute atomic E-state index is 0.683. The van der Waals surface area contributed by atoms with Gasteiger partial charge in [-0.2, -0.15) is 0 Å². The summed E-state index contributed by atoms with van der Waals surface area (Å²) in [6.07, 6.45) is 1.95. The van der Waals surface area contributed by atoms with E-state index in [4.69, 9.17) is 0 Å². The van der Waals surface area contributed by atoms with Crippen molar-refractivity contribution in [1.29, 1.82) is 0 Å². The zero-order valence-electron chi connectivity index (χ0n) is 9.42. The second-order valence-electron chi connectivity index (χ2n) is 4.23. The van der Waals surface area contributed by atoms with Crippen molar-refractivity contribution in [3.8, 4) is 0 Å². The summed E-state index contributed by atoms with van der Waals surface area (Å²) in [5.74, 6) is 1.39. The van der Waals surface area contributed by atoms with E-state index in [0.717, 1.165) is 17.6 Å². The van der Waals surface area contributed by atoms with Crippen LogP contribution in [0.5, 0.6) is 0 Å². The van der Waals surface area contributed by atoms with Crippen molar-refractivity contribution in [2.45, 2.75) is 34.2 Å². The molecule has 1 aromatic rings. The number of alkyl halides is 1. The van der Waals surface area contributed by atoms with Crippen LogP contribution in [0.25, 0.3) is 0 Å². The van der Waals surface area contributed by atoms with Crippen LogP contribution in [0.4, 0.5) is 0 Å². The second kappa shape index (κ2) is 4.96. The number of aryl methyl sites for hydroxylation is 1. The lowest BCUT2D eigenvalue weighted by atomic mass is 9.98. The Morgan fingerprint density at radius 2 is 2.07 bits per heavy atom. The van der Waals surface area contributed by atoms with Gasteiger partial charge >= 0.3 is 0 Å². The van der Waals surface area contributed by atoms with Crippen LogP contribution >= 0.6 is 15.9 Å². The molecule has 0 saturated heterocycles. The van der Waals surface area contributed by atoms with Gasteiger partial charge in [-0.15, -0.1) is 0 Å². The highest BCUT2D eigenvalue weighted by atomic mass is 79.9. The van der Waals surface area contributed by atoms with E-state index in [0.29, 0.717) is 11.8 Å². The molecule has 0 aliphatic heterocycles. The molecule has 0 saturated carbocycles. The summed E-state index contributed by atoms with van der Waals surface area (Å²) in [6, 6.07) is 0. The number of halogens is 1. The summed E-state index contributed by atoms with van der Waals surface area (Å²) in [5, 5.41) is 1.06. The fourth-order valence-corrected chi connectivity index (χ4v) is 2.37. The molecule has 1 unspecified atom stereocenters. The van der Waals surface area contributed by atoms with Gasteiger partial charge in [-0.3, -0.25) is 0 Å². The van der Waals surface area contributed by atoms with Crippen LogP contribution in [0.3, 0.4) is 0 Å². The Balaban J connectivity index is 2.72. The summed E-state index contributed by atoms with van der Waals surface area (Å²) >= 11 is 3.57. The van der Waals surface area contributed by atoms with Gasteiger partial charge in [0.1, 0.15) is 0 Å². The summed E-state index contributed by atoms with van der Waals surface area (Å²) in [7, 11) is 0. The fraction of sp³-hybridized carbons (Fsp3) is 0.727. The molecule has 0 bridgehead atoms. The zero-order chi connectivity index (χ0) is 10.7. The van der Waals surface area contributed by atoms with Crippen molar-refractivity contribution < 1.29 is 0 Å². The number of rotatable bonds is 4. The second-order valence-corrected chi connectivity index (χ2v) is 4.87. The first kappa shape index (κ1) is 11.8. The summed E-state index contributed by atoms with van der Waals surface area (Å²) in [4.78, 5) is 4.31. The molecule has 0 fully saturated rings. The minimum atomic E-state index is 0.683. The number of nitrogens with zero attached hydrogens (tertiary/aromatic N) is 2. The van der Waals surface area contributed by atoms with Crippen molar-refractivity contribution >= 4 is 15.9 Å². The van der Waals surface area contributed by atoms with Gasteiger partial charge in [0.25, 0.3) is 0 Å². The van der Waals surface area contributed by atoms with E-state index in [2.05, 4.69) is 53.2 Å². The molecule has 0 spiro atoms. The molecule has 1 heterocycles. The van der Waals surface area contributed by atoms with E-state index in [9.17, 15) is 0 Å². The highest BCUT2D eigenvalue weighted by Gasteiger charge is 2.13. The average molecular weight is 259 g/mol. The third kappa shape index (κ3) is 2.59.